The summed E-state index contributed by atoms with van der Waals surface area (Å²) in [5.41, 5.74) is 1.95. The Kier molecular flexibility index (Phi) is 11.5. The first-order valence-electron chi connectivity index (χ1n) is 13.0. The Morgan fingerprint density at radius 1 is 0.738 bits per heavy atom. The number of nitrogens with one attached hydrogen (secondary N) is 4. The fraction of sp³-hybridized carbons (Fsp3) is 0.214. The number of carbonyl (C=O) groups is 1. The molecule has 0 fully saturated rings. The van der Waals surface area contributed by atoms with Gasteiger partial charge in [0.25, 0.3) is 5.91 Å². The van der Waals surface area contributed by atoms with Crippen molar-refractivity contribution in [3.63, 3.8) is 0 Å². The van der Waals surface area contributed by atoms with Gasteiger partial charge in [0, 0.05) is 30.0 Å². The van der Waals surface area contributed by atoms with E-state index in [4.69, 9.17) is 14.6 Å². The van der Waals surface area contributed by atoms with Crippen LogP contribution in [0.4, 0.5) is 29.2 Å². The number of anilines is 5. The van der Waals surface area contributed by atoms with Crippen molar-refractivity contribution in [1.82, 2.24) is 20.3 Å². The molecule has 3 aromatic carbocycles. The van der Waals surface area contributed by atoms with Gasteiger partial charge in [0.05, 0.1) is 31.3 Å². The summed E-state index contributed by atoms with van der Waals surface area (Å²) in [7, 11) is -1.57. The van der Waals surface area contributed by atoms with Gasteiger partial charge in [-0.25, -0.2) is 9.35 Å². The Bertz CT molecular complexity index is 1440. The second-order valence-electron chi connectivity index (χ2n) is 8.70. The van der Waals surface area contributed by atoms with Crippen LogP contribution in [0.2, 0.25) is 0 Å². The molecule has 0 spiro atoms. The number of nitrogens with two attached hydrogens (primary N) is 1. The monoisotopic (exact) mass is 592 g/mol. The van der Waals surface area contributed by atoms with Crippen LogP contribution in [0.5, 0.6) is 5.75 Å². The van der Waals surface area contributed by atoms with E-state index in [9.17, 15) is 14.1 Å². The topological polar surface area (TPSA) is 186 Å². The average molecular weight is 593 g/mol. The maximum atomic E-state index is 12.0. The molecule has 1 atom stereocenters. The van der Waals surface area contributed by atoms with Crippen molar-refractivity contribution in [3.8, 4) is 5.75 Å². The normalized spacial score (nSPS) is 11.5. The van der Waals surface area contributed by atoms with E-state index in [0.29, 0.717) is 67.3 Å². The number of nitrogens with zero attached hydrogens (tertiary/aromatic N) is 3. The van der Waals surface area contributed by atoms with Crippen LogP contribution in [0.1, 0.15) is 10.4 Å². The van der Waals surface area contributed by atoms with Crippen LogP contribution in [0, 0.1) is 0 Å². The van der Waals surface area contributed by atoms with E-state index in [-0.39, 0.29) is 23.6 Å². The molecule has 0 radical (unpaired) electrons. The minimum Gasteiger partial charge on any atom is -0.508 e. The van der Waals surface area contributed by atoms with Crippen molar-refractivity contribution in [2.45, 2.75) is 4.90 Å². The molecule has 220 valence electrons. The van der Waals surface area contributed by atoms with E-state index in [1.165, 1.54) is 0 Å². The van der Waals surface area contributed by atoms with Gasteiger partial charge in [-0.3, -0.25) is 4.79 Å². The zero-order valence-electron chi connectivity index (χ0n) is 22.7. The number of rotatable bonds is 16. The summed E-state index contributed by atoms with van der Waals surface area (Å²) in [4.78, 5) is 25.7. The molecule has 4 aromatic rings. The van der Waals surface area contributed by atoms with Crippen LogP contribution in [0.25, 0.3) is 0 Å². The van der Waals surface area contributed by atoms with Crippen molar-refractivity contribution >= 4 is 46.1 Å². The van der Waals surface area contributed by atoms with Gasteiger partial charge in [-0.1, -0.05) is 18.2 Å². The van der Waals surface area contributed by atoms with Gasteiger partial charge in [0.1, 0.15) is 16.7 Å². The molecule has 1 aromatic heterocycles. The molecule has 0 aliphatic heterocycles. The Labute approximate surface area is 245 Å². The molecule has 1 unspecified atom stereocenters. The Morgan fingerprint density at radius 3 is 1.88 bits per heavy atom. The zero-order chi connectivity index (χ0) is 29.6. The lowest BCUT2D eigenvalue weighted by atomic mass is 10.2. The summed E-state index contributed by atoms with van der Waals surface area (Å²) in [6.45, 7) is 2.35. The fourth-order valence-corrected chi connectivity index (χ4v) is 3.93. The SMILES string of the molecule is NS(=O)c1ccc(Nc2nc(NCCOCCOCCNC(=O)c3ccccc3)nc(Nc3ccc(O)cc3)n2)cc1. The van der Waals surface area contributed by atoms with E-state index >= 15 is 0 Å². The zero-order valence-corrected chi connectivity index (χ0v) is 23.5. The molecule has 4 rings (SSSR count). The molecule has 14 heteroatoms. The molecule has 13 nitrogen and oxygen atoms in total. The van der Waals surface area contributed by atoms with Crippen molar-refractivity contribution in [2.75, 3.05) is 55.5 Å². The molecule has 1 amide bonds. The van der Waals surface area contributed by atoms with E-state index in [1.54, 1.807) is 60.7 Å². The van der Waals surface area contributed by atoms with Gasteiger partial charge in [0.2, 0.25) is 17.8 Å². The summed E-state index contributed by atoms with van der Waals surface area (Å²) in [5.74, 6) is 0.852. The van der Waals surface area contributed by atoms with Gasteiger partial charge in [0.15, 0.2) is 0 Å². The highest BCUT2D eigenvalue weighted by Gasteiger charge is 2.09. The van der Waals surface area contributed by atoms with Crippen molar-refractivity contribution in [3.05, 3.63) is 84.4 Å². The first-order valence-corrected chi connectivity index (χ1v) is 14.3. The molecule has 1 heterocycles. The third kappa shape index (κ3) is 10.1. The highest BCUT2D eigenvalue weighted by molar-refractivity contribution is 7.82. The van der Waals surface area contributed by atoms with Gasteiger partial charge in [-0.15, -0.1) is 0 Å². The predicted molar refractivity (Wildman–Crippen MR) is 160 cm³/mol. The molecule has 0 saturated heterocycles. The van der Waals surface area contributed by atoms with Gasteiger partial charge >= 0.3 is 0 Å². The van der Waals surface area contributed by atoms with Gasteiger partial charge < -0.3 is 35.8 Å². The third-order valence-corrected chi connectivity index (χ3v) is 6.31. The number of hydrogen-bond acceptors (Lipinski definition) is 11. The summed E-state index contributed by atoms with van der Waals surface area (Å²) < 4.78 is 22.6. The summed E-state index contributed by atoms with van der Waals surface area (Å²) >= 11 is 0. The molecule has 7 N–H and O–H groups in total. The Balaban J connectivity index is 1.23. The minimum absolute atomic E-state index is 0.137. The Hall–Kier alpha value is -4.63. The predicted octanol–water partition coefficient (Wildman–Crippen LogP) is 2.92. The fourth-order valence-electron chi connectivity index (χ4n) is 3.53. The Morgan fingerprint density at radius 2 is 1.29 bits per heavy atom. The van der Waals surface area contributed by atoms with Crippen LogP contribution < -0.4 is 26.4 Å². The lowest BCUT2D eigenvalue weighted by Crippen LogP contribution is -2.27. The van der Waals surface area contributed by atoms with Gasteiger partial charge in [-0.05, 0) is 60.7 Å². The molecular weight excluding hydrogens is 560 g/mol. The first-order chi connectivity index (χ1) is 20.5. The minimum atomic E-state index is -1.57. The maximum absolute atomic E-state index is 12.0. The number of aromatic nitrogens is 3. The number of ether oxygens (including phenoxy) is 2. The summed E-state index contributed by atoms with van der Waals surface area (Å²) in [5, 5.41) is 27.1. The van der Waals surface area contributed by atoms with Crippen molar-refractivity contribution < 1.29 is 23.6 Å². The summed E-state index contributed by atoms with van der Waals surface area (Å²) in [6, 6.07) is 22.2. The van der Waals surface area contributed by atoms with Crippen LogP contribution in [-0.2, 0) is 20.5 Å². The number of benzene rings is 3. The van der Waals surface area contributed by atoms with E-state index in [2.05, 4.69) is 36.2 Å². The van der Waals surface area contributed by atoms with Crippen molar-refractivity contribution in [1.29, 1.82) is 0 Å². The average Bonchev–Trinajstić information content (AvgIpc) is 3.00. The largest absolute Gasteiger partial charge is 0.508 e. The second kappa shape index (κ2) is 16.0. The number of hydrogen-bond donors (Lipinski definition) is 6. The van der Waals surface area contributed by atoms with E-state index in [0.717, 1.165) is 0 Å². The molecule has 42 heavy (non-hydrogen) atoms. The molecule has 0 aliphatic rings. The quantitative estimate of drug-likeness (QED) is 0.0830. The number of amides is 1. The molecular formula is C28H32N8O5S. The molecule has 0 saturated carbocycles. The molecule has 0 bridgehead atoms. The second-order valence-corrected chi connectivity index (χ2v) is 9.76. The first kappa shape index (κ1) is 30.3. The van der Waals surface area contributed by atoms with Crippen LogP contribution in [0.15, 0.2) is 83.8 Å². The number of phenolic OH excluding ortho intramolecular Hbond substituents is 1. The highest BCUT2D eigenvalue weighted by atomic mass is 32.2. The van der Waals surface area contributed by atoms with Crippen LogP contribution in [0.3, 0.4) is 0 Å². The maximum Gasteiger partial charge on any atom is 0.251 e. The van der Waals surface area contributed by atoms with Crippen LogP contribution in [-0.4, -0.2) is 69.7 Å². The van der Waals surface area contributed by atoms with Crippen LogP contribution >= 0.6 is 0 Å². The summed E-state index contributed by atoms with van der Waals surface area (Å²) in [6.07, 6.45) is 0. The lowest BCUT2D eigenvalue weighted by molar-refractivity contribution is 0.0519. The third-order valence-electron chi connectivity index (χ3n) is 5.57. The lowest BCUT2D eigenvalue weighted by Gasteiger charge is -2.12. The smallest absolute Gasteiger partial charge is 0.251 e. The van der Waals surface area contributed by atoms with E-state index < -0.39 is 11.0 Å². The van der Waals surface area contributed by atoms with Gasteiger partial charge in [-0.2, -0.15) is 15.0 Å². The van der Waals surface area contributed by atoms with Crippen molar-refractivity contribution in [2.24, 2.45) is 5.14 Å². The number of aromatic hydroxyl groups is 1. The highest BCUT2D eigenvalue weighted by Crippen LogP contribution is 2.21. The number of carbonyl (C=O) groups excluding carboxylic acids is 1. The molecule has 0 aliphatic carbocycles. The standard InChI is InChI=1S/C28H32N8O5S/c29-42(39)24-12-8-22(9-13-24)33-28-35-26(34-27(36-28)32-21-6-10-23(37)11-7-21)31-15-17-41-19-18-40-16-14-30-25(38)20-4-2-1-3-5-20/h1-13,37H,14-19,29H2,(H,30,38)(H3,31,32,33,34,35,36). The van der Waals surface area contributed by atoms with E-state index in [1.807, 2.05) is 18.2 Å². The number of phenols is 1.